The molecule has 0 saturated carbocycles. The Labute approximate surface area is 376 Å². The normalized spacial score (nSPS) is 14.8. The Kier molecular flexibility index (Phi) is 26.5. The van der Waals surface area contributed by atoms with Crippen LogP contribution in [0, 0.1) is 29.6 Å². The standard InChI is InChI=1S/C49H79N7O7/c1-33(2)27-40(52)23-22-37(19-13-24-50)47(60)55-42(49(62)63)21-11-12-26-54-46(59)38(20-14-25-51)31-45(58)43(28-34(3)4)56-48(61)39(29-35-15-7-5-8-16-35)32-44(57)41(53)30-36-17-9-6-10-18-36/h5-10,15-18,33-34,37-43H,11-14,19-32,50-53H2,1-4H3,(H,54,59)(H,55,60)(H,56,61)(H,62,63)/t37-,38-,39-,40-,41+,42+,43+/m0/s1. The molecule has 0 aliphatic heterocycles. The highest BCUT2D eigenvalue weighted by Gasteiger charge is 2.32. The lowest BCUT2D eigenvalue weighted by Crippen LogP contribution is -2.47. The van der Waals surface area contributed by atoms with Gasteiger partial charge in [-0.1, -0.05) is 88.4 Å². The Morgan fingerprint density at radius 3 is 1.63 bits per heavy atom. The van der Waals surface area contributed by atoms with Crippen molar-refractivity contribution in [3.8, 4) is 0 Å². The predicted molar refractivity (Wildman–Crippen MR) is 249 cm³/mol. The fraction of sp³-hybridized carbons (Fsp3) is 0.633. The quantitative estimate of drug-likeness (QED) is 0.0451. The number of carboxylic acid groups (broad SMARTS) is 1. The van der Waals surface area contributed by atoms with Gasteiger partial charge in [0.15, 0.2) is 11.6 Å². The van der Waals surface area contributed by atoms with E-state index >= 15 is 0 Å². The first kappa shape index (κ1) is 54.6. The summed E-state index contributed by atoms with van der Waals surface area (Å²) >= 11 is 0. The first-order valence-electron chi connectivity index (χ1n) is 23.2. The van der Waals surface area contributed by atoms with Crippen LogP contribution in [0.1, 0.15) is 122 Å². The van der Waals surface area contributed by atoms with Gasteiger partial charge in [0.1, 0.15) is 6.04 Å². The van der Waals surface area contributed by atoms with E-state index in [0.29, 0.717) is 83.2 Å². The minimum absolute atomic E-state index is 0.0355. The number of carbonyl (C=O) groups excluding carboxylic acids is 5. The third-order valence-electron chi connectivity index (χ3n) is 11.5. The maximum absolute atomic E-state index is 14.0. The third kappa shape index (κ3) is 22.6. The lowest BCUT2D eigenvalue weighted by molar-refractivity contribution is -0.142. The summed E-state index contributed by atoms with van der Waals surface area (Å²) in [5, 5.41) is 18.5. The third-order valence-corrected chi connectivity index (χ3v) is 11.5. The van der Waals surface area contributed by atoms with Crippen molar-refractivity contribution in [2.45, 2.75) is 148 Å². The van der Waals surface area contributed by atoms with Gasteiger partial charge in [-0.15, -0.1) is 0 Å². The molecule has 0 saturated heterocycles. The maximum Gasteiger partial charge on any atom is 0.326 e. The molecule has 63 heavy (non-hydrogen) atoms. The SMILES string of the molecule is CC(C)C[C@@H](N)CC[C@H](CCCN)C(=O)N[C@H](CCCCNC(=O)[C@@H](CCCN)CC(=O)[C@@H](CC(C)C)NC(=O)[C@H](CC(=O)[C@H](N)Cc1ccccc1)Cc1ccccc1)C(=O)O. The molecule has 12 N–H and O–H groups in total. The van der Waals surface area contributed by atoms with Gasteiger partial charge < -0.3 is 44.0 Å². The van der Waals surface area contributed by atoms with Crippen LogP contribution in [-0.2, 0) is 41.6 Å². The number of Topliss-reactive ketones (excluding diaryl/α,β-unsaturated/α-hetero) is 2. The average molecular weight is 878 g/mol. The van der Waals surface area contributed by atoms with Crippen molar-refractivity contribution < 1.29 is 33.9 Å². The summed E-state index contributed by atoms with van der Waals surface area (Å²) in [6.07, 6.45) is 5.91. The number of hydrogen-bond donors (Lipinski definition) is 8. The topological polar surface area (TPSA) is 263 Å². The molecule has 2 aromatic rings. The largest absolute Gasteiger partial charge is 0.480 e. The van der Waals surface area contributed by atoms with Gasteiger partial charge in [-0.2, -0.15) is 0 Å². The molecule has 7 atom stereocenters. The molecule has 0 aliphatic rings. The van der Waals surface area contributed by atoms with E-state index < -0.39 is 41.8 Å². The van der Waals surface area contributed by atoms with Crippen LogP contribution >= 0.6 is 0 Å². The number of benzene rings is 2. The van der Waals surface area contributed by atoms with Crippen molar-refractivity contribution in [3.63, 3.8) is 0 Å². The highest BCUT2D eigenvalue weighted by Crippen LogP contribution is 2.21. The number of nitrogens with two attached hydrogens (primary N) is 4. The van der Waals surface area contributed by atoms with E-state index in [2.05, 4.69) is 29.8 Å². The molecule has 3 amide bonds. The van der Waals surface area contributed by atoms with Gasteiger partial charge in [0.05, 0.1) is 12.1 Å². The van der Waals surface area contributed by atoms with Crippen molar-refractivity contribution in [1.29, 1.82) is 0 Å². The van der Waals surface area contributed by atoms with Gasteiger partial charge in [-0.3, -0.25) is 24.0 Å². The number of hydrogen-bond acceptors (Lipinski definition) is 10. The second kappa shape index (κ2) is 30.6. The molecule has 14 nitrogen and oxygen atoms in total. The molecule has 2 rings (SSSR count). The fourth-order valence-electron chi connectivity index (χ4n) is 7.93. The van der Waals surface area contributed by atoms with Crippen molar-refractivity contribution in [1.82, 2.24) is 16.0 Å². The molecule has 0 spiro atoms. The molecule has 0 heterocycles. The summed E-state index contributed by atoms with van der Waals surface area (Å²) in [5.74, 6) is -4.11. The summed E-state index contributed by atoms with van der Waals surface area (Å²) < 4.78 is 0. The van der Waals surface area contributed by atoms with Crippen molar-refractivity contribution in [2.75, 3.05) is 19.6 Å². The lowest BCUT2D eigenvalue weighted by Gasteiger charge is -2.25. The first-order valence-corrected chi connectivity index (χ1v) is 23.2. The molecular weight excluding hydrogens is 799 g/mol. The van der Waals surface area contributed by atoms with E-state index in [0.717, 1.165) is 17.5 Å². The van der Waals surface area contributed by atoms with Gasteiger partial charge in [0, 0.05) is 43.2 Å². The number of aliphatic carboxylic acids is 1. The van der Waals surface area contributed by atoms with E-state index in [9.17, 15) is 33.9 Å². The molecule has 14 heteroatoms. The van der Waals surface area contributed by atoms with Crippen LogP contribution in [0.5, 0.6) is 0 Å². The van der Waals surface area contributed by atoms with E-state index in [4.69, 9.17) is 22.9 Å². The van der Waals surface area contributed by atoms with Crippen molar-refractivity contribution in [3.05, 3.63) is 71.8 Å². The summed E-state index contributed by atoms with van der Waals surface area (Å²) in [4.78, 5) is 80.4. The van der Waals surface area contributed by atoms with Crippen LogP contribution in [0.25, 0.3) is 0 Å². The van der Waals surface area contributed by atoms with Crippen LogP contribution < -0.4 is 38.9 Å². The van der Waals surface area contributed by atoms with Gasteiger partial charge in [-0.05, 0) is 120 Å². The van der Waals surface area contributed by atoms with Crippen LogP contribution in [0.15, 0.2) is 60.7 Å². The number of carbonyl (C=O) groups is 6. The molecular formula is C49H79N7O7. The first-order chi connectivity index (χ1) is 30.0. The van der Waals surface area contributed by atoms with E-state index in [1.54, 1.807) is 0 Å². The Balaban J connectivity index is 2.06. The number of ketones is 2. The molecule has 352 valence electrons. The smallest absolute Gasteiger partial charge is 0.326 e. The Morgan fingerprint density at radius 1 is 0.556 bits per heavy atom. The van der Waals surface area contributed by atoms with Crippen LogP contribution in [0.2, 0.25) is 0 Å². The second-order valence-corrected chi connectivity index (χ2v) is 18.1. The van der Waals surface area contributed by atoms with Crippen LogP contribution in [-0.4, -0.2) is 84.2 Å². The van der Waals surface area contributed by atoms with Crippen molar-refractivity contribution >= 4 is 35.3 Å². The molecule has 0 unspecified atom stereocenters. The average Bonchev–Trinajstić information content (AvgIpc) is 3.23. The van der Waals surface area contributed by atoms with Crippen molar-refractivity contribution in [2.24, 2.45) is 52.5 Å². The Morgan fingerprint density at radius 2 is 1.08 bits per heavy atom. The molecule has 0 fully saturated rings. The minimum Gasteiger partial charge on any atom is -0.480 e. The summed E-state index contributed by atoms with van der Waals surface area (Å²) in [6, 6.07) is 16.0. The number of carboxylic acids is 1. The Hall–Kier alpha value is -4.50. The lowest BCUT2D eigenvalue weighted by atomic mass is 9.88. The zero-order chi connectivity index (χ0) is 46.7. The number of amides is 3. The number of rotatable bonds is 34. The fourth-order valence-corrected chi connectivity index (χ4v) is 7.93. The molecule has 0 aromatic heterocycles. The molecule has 0 aliphatic carbocycles. The van der Waals surface area contributed by atoms with Gasteiger partial charge in [-0.25, -0.2) is 4.79 Å². The second-order valence-electron chi connectivity index (χ2n) is 18.1. The van der Waals surface area contributed by atoms with Crippen LogP contribution in [0.4, 0.5) is 0 Å². The number of nitrogens with one attached hydrogen (secondary N) is 3. The van der Waals surface area contributed by atoms with E-state index in [1.165, 1.54) is 0 Å². The monoisotopic (exact) mass is 878 g/mol. The summed E-state index contributed by atoms with van der Waals surface area (Å²) in [6.45, 7) is 9.08. The predicted octanol–water partition coefficient (Wildman–Crippen LogP) is 4.58. The Bertz CT molecular complexity index is 1660. The van der Waals surface area contributed by atoms with E-state index in [1.807, 2.05) is 74.5 Å². The highest BCUT2D eigenvalue weighted by atomic mass is 16.4. The maximum atomic E-state index is 14.0. The van der Waals surface area contributed by atoms with Crippen LogP contribution in [0.3, 0.4) is 0 Å². The zero-order valence-electron chi connectivity index (χ0n) is 38.4. The molecule has 0 bridgehead atoms. The van der Waals surface area contributed by atoms with Gasteiger partial charge in [0.25, 0.3) is 0 Å². The number of unbranched alkanes of at least 4 members (excludes halogenated alkanes) is 1. The van der Waals surface area contributed by atoms with E-state index in [-0.39, 0.29) is 73.5 Å². The minimum atomic E-state index is -1.13. The van der Waals surface area contributed by atoms with Gasteiger partial charge in [0.2, 0.25) is 17.7 Å². The highest BCUT2D eigenvalue weighted by molar-refractivity contribution is 5.95. The zero-order valence-corrected chi connectivity index (χ0v) is 38.4. The summed E-state index contributed by atoms with van der Waals surface area (Å²) in [5.41, 5.74) is 25.9. The molecule has 2 aromatic carbocycles. The van der Waals surface area contributed by atoms with Gasteiger partial charge >= 0.3 is 5.97 Å². The summed E-state index contributed by atoms with van der Waals surface area (Å²) in [7, 11) is 0. The molecule has 0 radical (unpaired) electrons.